The normalized spacial score (nSPS) is 17.4. The lowest BCUT2D eigenvalue weighted by molar-refractivity contribution is -0.120. The minimum absolute atomic E-state index is 0.0990. The lowest BCUT2D eigenvalue weighted by Crippen LogP contribution is -2.35. The first-order chi connectivity index (χ1) is 23.9. The van der Waals surface area contributed by atoms with Crippen molar-refractivity contribution < 1.29 is 14.3 Å². The van der Waals surface area contributed by atoms with Gasteiger partial charge >= 0.3 is 0 Å². The van der Waals surface area contributed by atoms with Crippen LogP contribution in [-0.4, -0.2) is 63.7 Å². The molecule has 2 atom stereocenters. The molecule has 4 N–H and O–H groups in total. The van der Waals surface area contributed by atoms with Crippen molar-refractivity contribution in [2.24, 2.45) is 0 Å². The Labute approximate surface area is 293 Å². The smallest absolute Gasteiger partial charge is 0.220 e. The van der Waals surface area contributed by atoms with Crippen LogP contribution >= 0.6 is 23.2 Å². The molecule has 0 radical (unpaired) electrons. The van der Waals surface area contributed by atoms with Crippen molar-refractivity contribution in [3.05, 3.63) is 88.2 Å². The summed E-state index contributed by atoms with van der Waals surface area (Å²) in [6.45, 7) is 2.48. The van der Waals surface area contributed by atoms with Gasteiger partial charge in [0.1, 0.15) is 0 Å². The van der Waals surface area contributed by atoms with Gasteiger partial charge in [-0.15, -0.1) is 0 Å². The number of halogens is 2. The molecule has 252 valence electrons. The van der Waals surface area contributed by atoms with Gasteiger partial charge in [0.15, 0.2) is 5.65 Å². The standard InChI is InChI=1S/C36H36Cl2N8O3/c1-49-36-21(16-39-19-23-9-12-31(47)42-23)8-11-29(45-36)27-6-2-4-25(33(27)37)26-5-3-7-28(34(26)38)30-14-15-46-35(44-30)22(18-41-46)17-40-20-24-10-13-32(48)43-24/h2-8,11,14-15,18,23-24,39-40H,9-10,12-13,16-17,19-20H2,1H3,(H,42,47)(H,43,48)/t23-,24-/m1/s1. The number of rotatable bonds is 12. The number of hydrogen-bond donors (Lipinski definition) is 4. The molecular weight excluding hydrogens is 663 g/mol. The van der Waals surface area contributed by atoms with E-state index in [1.165, 1.54) is 0 Å². The number of ether oxygens (including phenoxy) is 1. The topological polar surface area (TPSA) is 135 Å². The van der Waals surface area contributed by atoms with E-state index in [-0.39, 0.29) is 23.9 Å². The number of pyridine rings is 1. The number of carbonyl (C=O) groups is 2. The van der Waals surface area contributed by atoms with Crippen LogP contribution in [0.15, 0.2) is 67.0 Å². The van der Waals surface area contributed by atoms with Crippen LogP contribution < -0.4 is 26.0 Å². The van der Waals surface area contributed by atoms with Crippen LogP contribution in [0.3, 0.4) is 0 Å². The average molecular weight is 700 g/mol. The van der Waals surface area contributed by atoms with Crippen molar-refractivity contribution >= 4 is 40.7 Å². The fraction of sp³-hybridized carbons (Fsp3) is 0.306. The first-order valence-corrected chi connectivity index (χ1v) is 17.1. The quantitative estimate of drug-likeness (QED) is 0.140. The second-order valence-electron chi connectivity index (χ2n) is 12.3. The Balaban J connectivity index is 1.11. The van der Waals surface area contributed by atoms with E-state index < -0.39 is 0 Å². The third-order valence-corrected chi connectivity index (χ3v) is 9.81. The molecule has 2 aliphatic rings. The van der Waals surface area contributed by atoms with Gasteiger partial charge in [-0.1, -0.05) is 65.7 Å². The largest absolute Gasteiger partial charge is 0.481 e. The predicted octanol–water partition coefficient (Wildman–Crippen LogP) is 5.18. The summed E-state index contributed by atoms with van der Waals surface area (Å²) >= 11 is 14.2. The van der Waals surface area contributed by atoms with Crippen molar-refractivity contribution in [1.82, 2.24) is 40.8 Å². The highest BCUT2D eigenvalue weighted by atomic mass is 35.5. The van der Waals surface area contributed by atoms with Gasteiger partial charge in [-0.05, 0) is 25.0 Å². The Hall–Kier alpha value is -4.55. The Kier molecular flexibility index (Phi) is 9.77. The molecule has 5 aromatic rings. The molecule has 3 aromatic heterocycles. The first kappa shape index (κ1) is 33.0. The molecule has 5 heterocycles. The number of benzene rings is 2. The fourth-order valence-electron chi connectivity index (χ4n) is 6.42. The maximum absolute atomic E-state index is 11.5. The van der Waals surface area contributed by atoms with Crippen LogP contribution in [0, 0.1) is 0 Å². The molecule has 0 unspecified atom stereocenters. The number of nitrogens with one attached hydrogen (secondary N) is 4. The lowest BCUT2D eigenvalue weighted by Gasteiger charge is -2.15. The van der Waals surface area contributed by atoms with Gasteiger partial charge in [0.05, 0.1) is 34.7 Å². The van der Waals surface area contributed by atoms with Gasteiger partial charge in [0, 0.05) is 90.7 Å². The number of fused-ring (bicyclic) bond motifs is 1. The summed E-state index contributed by atoms with van der Waals surface area (Å²) in [5.41, 5.74) is 7.02. The second kappa shape index (κ2) is 14.5. The Morgan fingerprint density at radius 3 is 1.92 bits per heavy atom. The maximum atomic E-state index is 11.5. The van der Waals surface area contributed by atoms with Crippen molar-refractivity contribution in [1.29, 1.82) is 0 Å². The second-order valence-corrected chi connectivity index (χ2v) is 13.1. The van der Waals surface area contributed by atoms with Gasteiger partial charge in [0.2, 0.25) is 17.7 Å². The number of aromatic nitrogens is 4. The molecule has 13 heteroatoms. The third-order valence-electron chi connectivity index (χ3n) is 9.00. The third kappa shape index (κ3) is 7.11. The van der Waals surface area contributed by atoms with E-state index in [9.17, 15) is 9.59 Å². The predicted molar refractivity (Wildman–Crippen MR) is 189 cm³/mol. The number of amides is 2. The summed E-state index contributed by atoms with van der Waals surface area (Å²) < 4.78 is 7.39. The van der Waals surface area contributed by atoms with Crippen molar-refractivity contribution in [3.63, 3.8) is 0 Å². The minimum atomic E-state index is 0.0990. The fourth-order valence-corrected chi connectivity index (χ4v) is 7.07. The molecule has 0 bridgehead atoms. The Morgan fingerprint density at radius 2 is 1.35 bits per heavy atom. The van der Waals surface area contributed by atoms with Crippen LogP contribution in [0.2, 0.25) is 10.0 Å². The molecule has 11 nitrogen and oxygen atoms in total. The summed E-state index contributed by atoms with van der Waals surface area (Å²) in [5, 5.41) is 18.3. The van der Waals surface area contributed by atoms with Crippen LogP contribution in [-0.2, 0) is 22.7 Å². The molecule has 2 aliphatic heterocycles. The molecular formula is C36H36Cl2N8O3. The molecule has 0 saturated carbocycles. The highest BCUT2D eigenvalue weighted by molar-refractivity contribution is 6.39. The lowest BCUT2D eigenvalue weighted by atomic mass is 9.98. The summed E-state index contributed by atoms with van der Waals surface area (Å²) in [7, 11) is 1.60. The molecule has 0 spiro atoms. The van der Waals surface area contributed by atoms with E-state index in [2.05, 4.69) is 26.4 Å². The van der Waals surface area contributed by atoms with Crippen LogP contribution in [0.25, 0.3) is 39.3 Å². The van der Waals surface area contributed by atoms with Gasteiger partial charge in [-0.25, -0.2) is 14.5 Å². The van der Waals surface area contributed by atoms with Gasteiger partial charge in [-0.2, -0.15) is 5.10 Å². The number of nitrogens with zero attached hydrogens (tertiary/aromatic N) is 4. The zero-order valence-corrected chi connectivity index (χ0v) is 28.4. The monoisotopic (exact) mass is 698 g/mol. The van der Waals surface area contributed by atoms with E-state index in [0.717, 1.165) is 51.9 Å². The Bertz CT molecular complexity index is 2030. The van der Waals surface area contributed by atoms with Crippen molar-refractivity contribution in [3.8, 4) is 39.5 Å². The molecule has 49 heavy (non-hydrogen) atoms. The van der Waals surface area contributed by atoms with Crippen molar-refractivity contribution in [2.45, 2.75) is 50.9 Å². The van der Waals surface area contributed by atoms with E-state index in [4.69, 9.17) is 37.9 Å². The first-order valence-electron chi connectivity index (χ1n) is 16.3. The number of hydrogen-bond acceptors (Lipinski definition) is 8. The summed E-state index contributed by atoms with van der Waals surface area (Å²) in [5.74, 6) is 0.704. The zero-order chi connectivity index (χ0) is 33.9. The van der Waals surface area contributed by atoms with Gasteiger partial charge in [-0.3, -0.25) is 9.59 Å². The minimum Gasteiger partial charge on any atom is -0.481 e. The molecule has 2 aromatic carbocycles. The van der Waals surface area contributed by atoms with Crippen LogP contribution in [0.4, 0.5) is 0 Å². The average Bonchev–Trinajstić information content (AvgIpc) is 3.84. The maximum Gasteiger partial charge on any atom is 0.220 e. The van der Waals surface area contributed by atoms with Gasteiger partial charge in [0.25, 0.3) is 0 Å². The van der Waals surface area contributed by atoms with Gasteiger partial charge < -0.3 is 26.0 Å². The summed E-state index contributed by atoms with van der Waals surface area (Å²) in [6.07, 6.45) is 6.50. The van der Waals surface area contributed by atoms with E-state index >= 15 is 0 Å². The van der Waals surface area contributed by atoms with Crippen LogP contribution in [0.5, 0.6) is 5.88 Å². The molecule has 2 saturated heterocycles. The van der Waals surface area contributed by atoms with E-state index in [0.29, 0.717) is 66.3 Å². The van der Waals surface area contributed by atoms with Crippen LogP contribution in [0.1, 0.15) is 36.8 Å². The summed E-state index contributed by atoms with van der Waals surface area (Å²) in [4.78, 5) is 32.8. The molecule has 7 rings (SSSR count). The van der Waals surface area contributed by atoms with E-state index in [1.807, 2.05) is 60.8 Å². The van der Waals surface area contributed by atoms with E-state index in [1.54, 1.807) is 17.8 Å². The number of methoxy groups -OCH3 is 1. The SMILES string of the molecule is COc1nc(-c2cccc(-c3cccc(-c4ccn5ncc(CNC[C@H]6CCC(=O)N6)c5n4)c3Cl)c2Cl)ccc1CNC[C@H]1CCC(=O)N1. The number of carbonyl (C=O) groups excluding carboxylic acids is 2. The summed E-state index contributed by atoms with van der Waals surface area (Å²) in [6, 6.07) is 17.7. The highest BCUT2D eigenvalue weighted by Gasteiger charge is 2.22. The Morgan fingerprint density at radius 1 is 0.776 bits per heavy atom. The molecule has 2 fully saturated rings. The molecule has 2 amide bonds. The zero-order valence-electron chi connectivity index (χ0n) is 26.9. The molecule has 0 aliphatic carbocycles. The highest BCUT2D eigenvalue weighted by Crippen LogP contribution is 2.42. The van der Waals surface area contributed by atoms with Crippen molar-refractivity contribution in [2.75, 3.05) is 20.2 Å².